The lowest BCUT2D eigenvalue weighted by molar-refractivity contribution is 0.00464. The average molecular weight is 240 g/mol. The molecule has 1 rings (SSSR count). The first-order valence-corrected chi connectivity index (χ1v) is 5.76. The molecule has 0 aromatic heterocycles. The minimum absolute atomic E-state index is 0.243. The summed E-state index contributed by atoms with van der Waals surface area (Å²) in [7, 11) is 1.58. The van der Waals surface area contributed by atoms with Crippen LogP contribution < -0.4 is 4.74 Å². The fourth-order valence-corrected chi connectivity index (χ4v) is 1.49. The molecular weight excluding hydrogens is 220 g/mol. The van der Waals surface area contributed by atoms with Crippen LogP contribution in [0.25, 0.3) is 0 Å². The van der Waals surface area contributed by atoms with Crippen molar-refractivity contribution in [2.45, 2.75) is 13.0 Å². The van der Waals surface area contributed by atoms with Gasteiger partial charge in [-0.1, -0.05) is 18.2 Å². The number of aliphatic hydroxyl groups is 1. The van der Waals surface area contributed by atoms with E-state index < -0.39 is 6.10 Å². The Morgan fingerprint density at radius 2 is 1.88 bits per heavy atom. The van der Waals surface area contributed by atoms with Gasteiger partial charge in [-0.05, 0) is 13.0 Å². The highest BCUT2D eigenvalue weighted by atomic mass is 16.5. The van der Waals surface area contributed by atoms with Gasteiger partial charge in [-0.3, -0.25) is 0 Å². The van der Waals surface area contributed by atoms with Crippen molar-refractivity contribution >= 4 is 0 Å². The monoisotopic (exact) mass is 240 g/mol. The van der Waals surface area contributed by atoms with E-state index in [0.717, 1.165) is 5.56 Å². The highest BCUT2D eigenvalue weighted by Gasteiger charge is 2.12. The molecule has 96 valence electrons. The van der Waals surface area contributed by atoms with E-state index in [1.54, 1.807) is 7.11 Å². The van der Waals surface area contributed by atoms with Gasteiger partial charge in [0, 0.05) is 12.2 Å². The van der Waals surface area contributed by atoms with Crippen LogP contribution in [0.3, 0.4) is 0 Å². The van der Waals surface area contributed by atoms with Gasteiger partial charge < -0.3 is 19.3 Å². The summed E-state index contributed by atoms with van der Waals surface area (Å²) >= 11 is 0. The topological polar surface area (TPSA) is 47.9 Å². The number of para-hydroxylation sites is 1. The summed E-state index contributed by atoms with van der Waals surface area (Å²) in [5, 5.41) is 9.94. The van der Waals surface area contributed by atoms with Crippen LogP contribution >= 0.6 is 0 Å². The number of rotatable bonds is 8. The quantitative estimate of drug-likeness (QED) is 0.704. The average Bonchev–Trinajstić information content (AvgIpc) is 2.38. The van der Waals surface area contributed by atoms with Crippen LogP contribution in [0, 0.1) is 0 Å². The molecule has 0 heterocycles. The van der Waals surface area contributed by atoms with Crippen molar-refractivity contribution in [2.75, 3.05) is 33.5 Å². The first-order chi connectivity index (χ1) is 8.29. The lowest BCUT2D eigenvalue weighted by Crippen LogP contribution is -2.12. The van der Waals surface area contributed by atoms with Crippen molar-refractivity contribution in [1.82, 2.24) is 0 Å². The van der Waals surface area contributed by atoms with E-state index in [0.29, 0.717) is 25.6 Å². The molecule has 1 aromatic rings. The fraction of sp³-hybridized carbons (Fsp3) is 0.538. The third kappa shape index (κ3) is 4.73. The summed E-state index contributed by atoms with van der Waals surface area (Å²) in [4.78, 5) is 0. The van der Waals surface area contributed by atoms with E-state index >= 15 is 0 Å². The standard InChI is InChI=1S/C13H20O4/c1-3-16-8-9-17-10-12(14)11-6-4-5-7-13(11)15-2/h4-7,12,14H,3,8-10H2,1-2H3. The first-order valence-electron chi connectivity index (χ1n) is 5.76. The highest BCUT2D eigenvalue weighted by Crippen LogP contribution is 2.24. The molecule has 4 heteroatoms. The summed E-state index contributed by atoms with van der Waals surface area (Å²) in [5.74, 6) is 0.674. The Bertz CT molecular complexity index is 314. The third-order valence-electron chi connectivity index (χ3n) is 2.35. The smallest absolute Gasteiger partial charge is 0.124 e. The molecule has 0 radical (unpaired) electrons. The van der Waals surface area contributed by atoms with E-state index in [1.165, 1.54) is 0 Å². The second-order valence-corrected chi connectivity index (χ2v) is 3.53. The summed E-state index contributed by atoms with van der Waals surface area (Å²) in [6.07, 6.45) is -0.673. The highest BCUT2D eigenvalue weighted by molar-refractivity contribution is 5.34. The summed E-state index contributed by atoms with van der Waals surface area (Å²) in [6, 6.07) is 7.38. The second kappa shape index (κ2) is 8.06. The lowest BCUT2D eigenvalue weighted by atomic mass is 10.1. The molecule has 1 atom stereocenters. The van der Waals surface area contributed by atoms with Gasteiger partial charge in [-0.25, -0.2) is 0 Å². The Hall–Kier alpha value is -1.10. The number of hydrogen-bond acceptors (Lipinski definition) is 4. The van der Waals surface area contributed by atoms with Crippen LogP contribution in [0.1, 0.15) is 18.6 Å². The molecule has 0 saturated carbocycles. The van der Waals surface area contributed by atoms with E-state index in [9.17, 15) is 5.11 Å². The van der Waals surface area contributed by atoms with Crippen molar-refractivity contribution in [2.24, 2.45) is 0 Å². The predicted molar refractivity (Wildman–Crippen MR) is 65.3 cm³/mol. The van der Waals surface area contributed by atoms with Crippen LogP contribution in [-0.2, 0) is 9.47 Å². The van der Waals surface area contributed by atoms with E-state index in [-0.39, 0.29) is 6.61 Å². The minimum Gasteiger partial charge on any atom is -0.496 e. The normalized spacial score (nSPS) is 12.4. The zero-order valence-corrected chi connectivity index (χ0v) is 10.4. The number of benzene rings is 1. The molecule has 1 N–H and O–H groups in total. The summed E-state index contributed by atoms with van der Waals surface area (Å²) in [5.41, 5.74) is 0.742. The van der Waals surface area contributed by atoms with Crippen LogP contribution in [0.5, 0.6) is 5.75 Å². The maximum Gasteiger partial charge on any atom is 0.124 e. The van der Waals surface area contributed by atoms with Gasteiger partial charge in [0.2, 0.25) is 0 Å². The van der Waals surface area contributed by atoms with Crippen molar-refractivity contribution in [3.05, 3.63) is 29.8 Å². The molecule has 0 aliphatic carbocycles. The van der Waals surface area contributed by atoms with E-state index in [2.05, 4.69) is 0 Å². The Labute approximate surface area is 102 Å². The van der Waals surface area contributed by atoms with Gasteiger partial charge in [0.25, 0.3) is 0 Å². The fourth-order valence-electron chi connectivity index (χ4n) is 1.49. The Morgan fingerprint density at radius 1 is 1.18 bits per heavy atom. The molecule has 0 saturated heterocycles. The molecule has 0 aliphatic rings. The van der Waals surface area contributed by atoms with Gasteiger partial charge in [-0.2, -0.15) is 0 Å². The summed E-state index contributed by atoms with van der Waals surface area (Å²) in [6.45, 7) is 3.89. The second-order valence-electron chi connectivity index (χ2n) is 3.53. The molecule has 0 bridgehead atoms. The molecule has 0 spiro atoms. The zero-order chi connectivity index (χ0) is 12.5. The molecule has 0 aliphatic heterocycles. The maximum atomic E-state index is 9.94. The summed E-state index contributed by atoms with van der Waals surface area (Å²) < 4.78 is 15.6. The van der Waals surface area contributed by atoms with Crippen LogP contribution in [-0.4, -0.2) is 38.6 Å². The van der Waals surface area contributed by atoms with Gasteiger partial charge in [-0.15, -0.1) is 0 Å². The van der Waals surface area contributed by atoms with Gasteiger partial charge >= 0.3 is 0 Å². The Kier molecular flexibility index (Phi) is 6.62. The molecule has 4 nitrogen and oxygen atoms in total. The maximum absolute atomic E-state index is 9.94. The number of hydrogen-bond donors (Lipinski definition) is 1. The molecule has 0 amide bonds. The minimum atomic E-state index is -0.673. The molecular formula is C13H20O4. The molecule has 0 fully saturated rings. The Morgan fingerprint density at radius 3 is 2.59 bits per heavy atom. The van der Waals surface area contributed by atoms with Crippen molar-refractivity contribution < 1.29 is 19.3 Å². The van der Waals surface area contributed by atoms with E-state index in [1.807, 2.05) is 31.2 Å². The zero-order valence-electron chi connectivity index (χ0n) is 10.4. The van der Waals surface area contributed by atoms with Crippen molar-refractivity contribution in [3.8, 4) is 5.75 Å². The number of aliphatic hydroxyl groups excluding tert-OH is 1. The lowest BCUT2D eigenvalue weighted by Gasteiger charge is -2.14. The van der Waals surface area contributed by atoms with Crippen LogP contribution in [0.4, 0.5) is 0 Å². The molecule has 17 heavy (non-hydrogen) atoms. The molecule has 1 unspecified atom stereocenters. The van der Waals surface area contributed by atoms with Gasteiger partial charge in [0.15, 0.2) is 0 Å². The van der Waals surface area contributed by atoms with Gasteiger partial charge in [0.1, 0.15) is 11.9 Å². The van der Waals surface area contributed by atoms with Crippen molar-refractivity contribution in [3.63, 3.8) is 0 Å². The number of methoxy groups -OCH3 is 1. The molecule has 1 aromatic carbocycles. The predicted octanol–water partition coefficient (Wildman–Crippen LogP) is 1.78. The van der Waals surface area contributed by atoms with Crippen LogP contribution in [0.15, 0.2) is 24.3 Å². The largest absolute Gasteiger partial charge is 0.496 e. The number of ether oxygens (including phenoxy) is 3. The van der Waals surface area contributed by atoms with Gasteiger partial charge in [0.05, 0.1) is 26.9 Å². The van der Waals surface area contributed by atoms with Crippen molar-refractivity contribution in [1.29, 1.82) is 0 Å². The Balaban J connectivity index is 2.38. The third-order valence-corrected chi connectivity index (χ3v) is 2.35. The van der Waals surface area contributed by atoms with E-state index in [4.69, 9.17) is 14.2 Å². The first kappa shape index (κ1) is 14.0. The van der Waals surface area contributed by atoms with Crippen LogP contribution in [0.2, 0.25) is 0 Å². The SMILES string of the molecule is CCOCCOCC(O)c1ccccc1OC.